The molecule has 0 atom stereocenters. The van der Waals surface area contributed by atoms with Crippen molar-refractivity contribution < 1.29 is 21.9 Å². The second-order valence-electron chi connectivity index (χ2n) is 6.30. The molecule has 26 heavy (non-hydrogen) atoms. The van der Waals surface area contributed by atoms with Crippen LogP contribution < -0.4 is 0 Å². The first-order valence-corrected chi connectivity index (χ1v) is 7.60. The van der Waals surface area contributed by atoms with Gasteiger partial charge >= 0.3 is 0 Å². The zero-order chi connectivity index (χ0) is 32.5. The maximum Gasteiger partial charge on any atom is 0.187 e. The molecule has 0 aliphatic heterocycles. The number of aromatic nitrogens is 2. The van der Waals surface area contributed by atoms with Crippen LogP contribution in [0.3, 0.4) is 0 Å². The van der Waals surface area contributed by atoms with E-state index in [2.05, 4.69) is 9.83 Å². The largest absolute Gasteiger partial charge is 0.299 e. The van der Waals surface area contributed by atoms with E-state index in [-0.39, 0.29) is 0 Å². The van der Waals surface area contributed by atoms with Crippen molar-refractivity contribution in [2.75, 3.05) is 0 Å². The molecule has 0 saturated carbocycles. The monoisotopic (exact) mass is 359 g/mol. The van der Waals surface area contributed by atoms with Gasteiger partial charge in [0.25, 0.3) is 0 Å². The van der Waals surface area contributed by atoms with Gasteiger partial charge in [-0.15, -0.1) is 0 Å². The second kappa shape index (κ2) is 6.80. The molecule has 3 rings (SSSR count). The van der Waals surface area contributed by atoms with Gasteiger partial charge in [0.15, 0.2) is 5.69 Å². The van der Waals surface area contributed by atoms with Crippen molar-refractivity contribution in [1.29, 1.82) is 0 Å². The lowest BCUT2D eigenvalue weighted by molar-refractivity contribution is 0.411. The van der Waals surface area contributed by atoms with E-state index < -0.39 is 114 Å². The topological polar surface area (TPSA) is 22.2 Å². The van der Waals surface area contributed by atoms with E-state index in [4.69, 9.17) is 28.5 Å². The molecule has 0 unspecified atom stereocenters. The molecule has 132 valence electrons. The Morgan fingerprint density at radius 1 is 1.27 bits per heavy atom. The van der Waals surface area contributed by atoms with Crippen LogP contribution in [0.1, 0.15) is 59.3 Å². The van der Waals surface area contributed by atoms with E-state index in [9.17, 15) is 0 Å². The Balaban J connectivity index is 2.66. The van der Waals surface area contributed by atoms with E-state index in [0.29, 0.717) is 4.57 Å². The maximum absolute atomic E-state index is 8.82. The molecule has 0 aliphatic carbocycles. The van der Waals surface area contributed by atoms with Crippen LogP contribution in [0.25, 0.3) is 21.9 Å². The molecule has 0 fully saturated rings. The van der Waals surface area contributed by atoms with Crippen molar-refractivity contribution in [3.63, 3.8) is 0 Å². The van der Waals surface area contributed by atoms with E-state index in [1.54, 1.807) is 0 Å². The highest BCUT2D eigenvalue weighted by atomic mass is 15.1. The number of rotatable bonds is 3. The molecule has 3 heteroatoms. The van der Waals surface area contributed by atoms with Gasteiger partial charge in [-0.25, -0.2) is 9.83 Å². The van der Waals surface area contributed by atoms with E-state index >= 15 is 0 Å². The summed E-state index contributed by atoms with van der Waals surface area (Å²) in [5, 5.41) is 0. The highest BCUT2D eigenvalue weighted by molar-refractivity contribution is 5.66. The minimum absolute atomic E-state index is 0.396. The summed E-state index contributed by atoms with van der Waals surface area (Å²) in [6.45, 7) is 0.761. The molecule has 1 aromatic heterocycles. The predicted octanol–water partition coefficient (Wildman–Crippen LogP) is 6.30. The fraction of sp³-hybridized carbons (Fsp3) is 0.304. The van der Waals surface area contributed by atoms with Crippen molar-refractivity contribution in [1.82, 2.24) is 9.55 Å². The Morgan fingerprint density at radius 3 is 2.69 bits per heavy atom. The van der Waals surface area contributed by atoms with Crippen molar-refractivity contribution in [2.45, 2.75) is 40.8 Å². The Morgan fingerprint density at radius 2 is 2.04 bits per heavy atom. The van der Waals surface area contributed by atoms with Gasteiger partial charge in [-0.3, -0.25) is 4.57 Å². The van der Waals surface area contributed by atoms with Gasteiger partial charge < -0.3 is 0 Å². The lowest BCUT2D eigenvalue weighted by atomic mass is 9.87. The van der Waals surface area contributed by atoms with Crippen LogP contribution in [0.5, 0.6) is 0 Å². The van der Waals surface area contributed by atoms with Gasteiger partial charge in [0.1, 0.15) is 5.82 Å². The van der Waals surface area contributed by atoms with E-state index in [0.717, 1.165) is 6.07 Å². The lowest BCUT2D eigenvalue weighted by Gasteiger charge is -2.21. The molecule has 0 amide bonds. The normalized spacial score (nSPS) is 21.7. The van der Waals surface area contributed by atoms with Crippen LogP contribution in [0.2, 0.25) is 0 Å². The Labute approximate surface area is 178 Å². The summed E-state index contributed by atoms with van der Waals surface area (Å²) in [6.07, 6.45) is -2.25. The number of benzene rings is 2. The van der Waals surface area contributed by atoms with Crippen LogP contribution >= 0.6 is 0 Å². The molecule has 2 aromatic carbocycles. The molecule has 0 aliphatic rings. The van der Waals surface area contributed by atoms with Crippen LogP contribution in [0.4, 0.5) is 5.69 Å². The third-order valence-corrected chi connectivity index (χ3v) is 3.42. The van der Waals surface area contributed by atoms with Crippen LogP contribution in [-0.2, 0) is 6.42 Å². The number of hydrogen-bond acceptors (Lipinski definition) is 1. The zero-order valence-corrected chi connectivity index (χ0v) is 14.1. The van der Waals surface area contributed by atoms with Crippen molar-refractivity contribution in [2.24, 2.45) is 5.41 Å². The summed E-state index contributed by atoms with van der Waals surface area (Å²) in [7, 11) is 0. The first-order valence-electron chi connectivity index (χ1n) is 15.6. The van der Waals surface area contributed by atoms with Gasteiger partial charge in [0, 0.05) is 33.0 Å². The molecule has 1 heterocycles. The Kier molecular flexibility index (Phi) is 1.75. The molecule has 0 radical (unpaired) electrons. The van der Waals surface area contributed by atoms with E-state index in [1.807, 2.05) is 0 Å². The van der Waals surface area contributed by atoms with Gasteiger partial charge in [-0.1, -0.05) is 50.9 Å². The van der Waals surface area contributed by atoms with Gasteiger partial charge in [-0.05, 0) is 48.3 Å². The third-order valence-electron chi connectivity index (χ3n) is 3.42. The van der Waals surface area contributed by atoms with Gasteiger partial charge in [-0.2, -0.15) is 0 Å². The summed E-state index contributed by atoms with van der Waals surface area (Å²) in [4.78, 5) is 6.99. The summed E-state index contributed by atoms with van der Waals surface area (Å²) in [6, 6.07) is -2.59. The minimum Gasteiger partial charge on any atom is -0.299 e. The molecule has 0 bridgehead atoms. The molecule has 0 N–H and O–H groups in total. The molecular formula is C23H25N3. The van der Waals surface area contributed by atoms with Crippen LogP contribution in [-0.4, -0.2) is 9.55 Å². The maximum atomic E-state index is 8.82. The van der Waals surface area contributed by atoms with Crippen molar-refractivity contribution >= 4 is 5.69 Å². The summed E-state index contributed by atoms with van der Waals surface area (Å²) < 4.78 is 132. The van der Waals surface area contributed by atoms with Crippen molar-refractivity contribution in [3.8, 4) is 17.1 Å². The SMILES string of the molecule is [2H]c1cc(-c2nc([2H])c([2H])n2-c2c(C([2H])([2H])[2H])c([2H])c(CC(C)(C)C([2H])([2H])[2H])c([2H])c2C([2H])([2H])[2H])c([2H])c([N+]#[C-])c1[2H]. The number of nitrogens with zero attached hydrogens (tertiary/aromatic N) is 3. The average Bonchev–Trinajstić information content (AvgIpc) is 3.10. The molecular weight excluding hydrogens is 318 g/mol. The van der Waals surface area contributed by atoms with Crippen LogP contribution in [0, 0.1) is 25.7 Å². The summed E-state index contributed by atoms with van der Waals surface area (Å²) in [5.74, 6) is -0.584. The lowest BCUT2D eigenvalue weighted by Crippen LogP contribution is -2.10. The minimum atomic E-state index is -3.27. The zero-order valence-electron chi connectivity index (χ0n) is 30.1. The average molecular weight is 360 g/mol. The molecule has 3 aromatic rings. The molecule has 0 saturated heterocycles. The van der Waals surface area contributed by atoms with Crippen LogP contribution in [0.15, 0.2) is 48.6 Å². The first kappa shape index (κ1) is 6.70. The highest BCUT2D eigenvalue weighted by Gasteiger charge is 2.16. The third kappa shape index (κ3) is 3.70. The summed E-state index contributed by atoms with van der Waals surface area (Å²) in [5.41, 5.74) is -5.82. The van der Waals surface area contributed by atoms with E-state index in [1.165, 1.54) is 13.8 Å². The number of hydrogen-bond donors (Lipinski definition) is 0. The molecule has 0 spiro atoms. The van der Waals surface area contributed by atoms with Gasteiger partial charge in [0.05, 0.1) is 19.1 Å². The second-order valence-corrected chi connectivity index (χ2v) is 6.30. The highest BCUT2D eigenvalue weighted by Crippen LogP contribution is 2.30. The fourth-order valence-corrected chi connectivity index (χ4v) is 2.45. The molecule has 3 nitrogen and oxygen atoms in total. The Hall–Kier alpha value is -2.86. The predicted molar refractivity (Wildman–Crippen MR) is 108 cm³/mol. The standard InChI is InChI=1S/C23H25N3/c1-16-12-18(15-23(3,4)5)13-17(2)21(16)26-11-10-25-22(26)19-8-7-9-20(14-19)24-6/h7-14H,15H2,1-5H3/i1D3,2D3,3D3,7D,9D,10D,11D,12D,13D,14D. The fourth-order valence-electron chi connectivity index (χ4n) is 2.45. The Bertz CT molecular complexity index is 1580. The first-order chi connectivity index (χ1) is 18.9. The number of imidazole rings is 1. The summed E-state index contributed by atoms with van der Waals surface area (Å²) >= 11 is 0. The smallest absolute Gasteiger partial charge is 0.187 e. The van der Waals surface area contributed by atoms with Crippen molar-refractivity contribution in [3.05, 3.63) is 76.7 Å². The quantitative estimate of drug-likeness (QED) is 0.503. The van der Waals surface area contributed by atoms with Gasteiger partial charge in [0.2, 0.25) is 0 Å².